The minimum absolute atomic E-state index is 0. The molecule has 5 heteroatoms. The Morgan fingerprint density at radius 3 is 1.54 bits per heavy atom. The molecule has 0 bridgehead atoms. The molecule has 0 rings (SSSR count). The molecule has 0 fully saturated rings. The predicted molar refractivity (Wildman–Crippen MR) is 104 cm³/mol. The van der Waals surface area contributed by atoms with Crippen molar-refractivity contribution < 1.29 is 14.3 Å². The fourth-order valence-corrected chi connectivity index (χ4v) is 2.65. The number of likely N-dealkylation sites (N-methyl/N-ethyl adjacent to an activating group) is 1. The summed E-state index contributed by atoms with van der Waals surface area (Å²) in [6.45, 7) is 2.34. The van der Waals surface area contributed by atoms with Crippen LogP contribution in [0.3, 0.4) is 0 Å². The first-order chi connectivity index (χ1) is 11.2. The Morgan fingerprint density at radius 1 is 0.708 bits per heavy atom. The van der Waals surface area contributed by atoms with Gasteiger partial charge < -0.3 is 10.1 Å². The molecule has 0 unspecified atom stereocenters. The van der Waals surface area contributed by atoms with Gasteiger partial charge in [0.15, 0.2) is 0 Å². The molecule has 0 saturated carbocycles. The van der Waals surface area contributed by atoms with Gasteiger partial charge in [0.25, 0.3) is 0 Å². The van der Waals surface area contributed by atoms with E-state index in [4.69, 9.17) is 0 Å². The van der Waals surface area contributed by atoms with E-state index in [2.05, 4.69) is 17.0 Å². The molecule has 140 valence electrons. The van der Waals surface area contributed by atoms with Crippen LogP contribution >= 0.6 is 0 Å². The molecular weight excluding hydrogens is 330 g/mol. The van der Waals surface area contributed by atoms with Crippen LogP contribution in [0.4, 0.5) is 0 Å². The second-order valence-electron chi connectivity index (χ2n) is 6.37. The van der Waals surface area contributed by atoms with Crippen LogP contribution in [0.5, 0.6) is 0 Å². The second-order valence-corrected chi connectivity index (χ2v) is 6.37. The first-order valence-corrected chi connectivity index (χ1v) is 9.58. The van der Waals surface area contributed by atoms with Crippen molar-refractivity contribution in [2.45, 2.75) is 96.8 Å². The van der Waals surface area contributed by atoms with Crippen molar-refractivity contribution in [3.8, 4) is 0 Å². The van der Waals surface area contributed by atoms with E-state index in [-0.39, 0.29) is 44.3 Å². The predicted octanol–water partition coefficient (Wildman–Crippen LogP) is 3.84. The number of esters is 2. The quantitative estimate of drug-likeness (QED) is 0.194. The van der Waals surface area contributed by atoms with Crippen molar-refractivity contribution in [3.63, 3.8) is 0 Å². The average molecular weight is 370 g/mol. The molecule has 0 aromatic carbocycles. The van der Waals surface area contributed by atoms with Gasteiger partial charge in [-0.3, -0.25) is 9.59 Å². The normalized spacial score (nSPS) is 10.2. The van der Waals surface area contributed by atoms with E-state index in [1.165, 1.54) is 70.6 Å². The Balaban J connectivity index is 0. The van der Waals surface area contributed by atoms with Gasteiger partial charge in [0.05, 0.1) is 6.54 Å². The Bertz CT molecular complexity index is 298. The Hall–Kier alpha value is 0.360. The van der Waals surface area contributed by atoms with Crippen LogP contribution in [-0.2, 0) is 14.3 Å². The minimum atomic E-state index is -0.493. The Kier molecular flexibility index (Phi) is 23.7. The fourth-order valence-electron chi connectivity index (χ4n) is 2.65. The molecule has 0 aliphatic carbocycles. The van der Waals surface area contributed by atoms with E-state index >= 15 is 0 Å². The zero-order chi connectivity index (χ0) is 17.2. The topological polar surface area (TPSA) is 55.4 Å². The molecule has 1 N–H and O–H groups in total. The van der Waals surface area contributed by atoms with Crippen molar-refractivity contribution in [3.05, 3.63) is 0 Å². The SMILES string of the molecule is CCCCCCCCCCCCCCCC(=O)OC(=O)CNC.[CaH2]. The molecule has 0 aliphatic rings. The summed E-state index contributed by atoms with van der Waals surface area (Å²) in [7, 11) is 1.65. The maximum absolute atomic E-state index is 11.4. The third-order valence-electron chi connectivity index (χ3n) is 4.03. The summed E-state index contributed by atoms with van der Waals surface area (Å²) in [6.07, 6.45) is 17.0. The number of hydrogen-bond donors (Lipinski definition) is 1. The fraction of sp³-hybridized carbons (Fsp3) is 0.895. The molecule has 4 nitrogen and oxygen atoms in total. The van der Waals surface area contributed by atoms with E-state index in [0.29, 0.717) is 6.42 Å². The molecule has 0 amide bonds. The summed E-state index contributed by atoms with van der Waals surface area (Å²) in [4.78, 5) is 22.4. The summed E-state index contributed by atoms with van der Waals surface area (Å²) >= 11 is 0. The number of ether oxygens (including phenoxy) is 1. The van der Waals surface area contributed by atoms with Crippen molar-refractivity contribution in [2.75, 3.05) is 13.6 Å². The summed E-state index contributed by atoms with van der Waals surface area (Å²) in [5.74, 6) is -0.888. The summed E-state index contributed by atoms with van der Waals surface area (Å²) < 4.78 is 4.66. The number of unbranched alkanes of at least 4 members (excludes halogenated alkanes) is 12. The molecule has 0 aromatic heterocycles. The van der Waals surface area contributed by atoms with Gasteiger partial charge in [0.1, 0.15) is 0 Å². The monoisotopic (exact) mass is 369 g/mol. The summed E-state index contributed by atoms with van der Waals surface area (Å²) in [5, 5.41) is 2.66. The molecule has 0 heterocycles. The maximum atomic E-state index is 11.4. The number of hydrogen-bond acceptors (Lipinski definition) is 4. The third-order valence-corrected chi connectivity index (χ3v) is 4.03. The van der Waals surface area contributed by atoms with Crippen molar-refractivity contribution >= 4 is 49.7 Å². The third kappa shape index (κ3) is 20.4. The molecule has 0 aliphatic heterocycles. The molecule has 24 heavy (non-hydrogen) atoms. The van der Waals surface area contributed by atoms with Gasteiger partial charge in [-0.15, -0.1) is 0 Å². The van der Waals surface area contributed by atoms with Crippen molar-refractivity contribution in [1.82, 2.24) is 5.32 Å². The molecular formula is C19H39CaNO3. The van der Waals surface area contributed by atoms with E-state index in [1.807, 2.05) is 0 Å². The summed E-state index contributed by atoms with van der Waals surface area (Å²) in [5.41, 5.74) is 0. The van der Waals surface area contributed by atoms with E-state index in [0.717, 1.165) is 12.8 Å². The van der Waals surface area contributed by atoms with E-state index < -0.39 is 11.9 Å². The van der Waals surface area contributed by atoms with Gasteiger partial charge in [-0.25, -0.2) is 0 Å². The van der Waals surface area contributed by atoms with Crippen molar-refractivity contribution in [2.24, 2.45) is 0 Å². The standard InChI is InChI=1S/C19H37NO3.Ca.2H/c1-3-4-5-6-7-8-9-10-11-12-13-14-15-16-18(21)23-19(22)17-20-2;;;/h20H,3-17H2,1-2H3;;;. The number of carbonyl (C=O) groups excluding carboxylic acids is 2. The van der Waals surface area contributed by atoms with Gasteiger partial charge in [-0.2, -0.15) is 0 Å². The first-order valence-electron chi connectivity index (χ1n) is 9.58. The Morgan fingerprint density at radius 2 is 1.12 bits per heavy atom. The molecule has 0 aromatic rings. The van der Waals surface area contributed by atoms with Gasteiger partial charge >= 0.3 is 49.7 Å². The number of rotatable bonds is 16. The van der Waals surface area contributed by atoms with E-state index in [9.17, 15) is 9.59 Å². The van der Waals surface area contributed by atoms with Crippen LogP contribution < -0.4 is 5.32 Å². The molecule has 0 spiro atoms. The van der Waals surface area contributed by atoms with Crippen LogP contribution in [0, 0.1) is 0 Å². The molecule has 0 atom stereocenters. The van der Waals surface area contributed by atoms with Crippen LogP contribution in [0.15, 0.2) is 0 Å². The van der Waals surface area contributed by atoms with Crippen molar-refractivity contribution in [1.29, 1.82) is 0 Å². The van der Waals surface area contributed by atoms with Gasteiger partial charge in [0, 0.05) is 6.42 Å². The van der Waals surface area contributed by atoms with Gasteiger partial charge in [0.2, 0.25) is 0 Å². The zero-order valence-corrected chi connectivity index (χ0v) is 15.3. The van der Waals surface area contributed by atoms with Crippen LogP contribution in [0.1, 0.15) is 96.8 Å². The molecule has 0 saturated heterocycles. The van der Waals surface area contributed by atoms with Crippen LogP contribution in [0.2, 0.25) is 0 Å². The second kappa shape index (κ2) is 21.4. The van der Waals surface area contributed by atoms with Gasteiger partial charge in [-0.05, 0) is 13.5 Å². The first kappa shape index (κ1) is 26.6. The Labute approximate surface area is 178 Å². The van der Waals surface area contributed by atoms with E-state index in [1.54, 1.807) is 7.05 Å². The summed E-state index contributed by atoms with van der Waals surface area (Å²) in [6, 6.07) is 0. The van der Waals surface area contributed by atoms with Crippen LogP contribution in [-0.4, -0.2) is 63.3 Å². The zero-order valence-electron chi connectivity index (χ0n) is 15.3. The average Bonchev–Trinajstić information content (AvgIpc) is 2.52. The van der Waals surface area contributed by atoms with Gasteiger partial charge in [-0.1, -0.05) is 84.0 Å². The van der Waals surface area contributed by atoms with Crippen LogP contribution in [0.25, 0.3) is 0 Å². The molecule has 0 radical (unpaired) electrons. The number of nitrogens with one attached hydrogen (secondary N) is 1. The number of carbonyl (C=O) groups is 2.